The average molecular weight is 1560 g/mol. The quantitative estimate of drug-likeness (QED) is 0.0199. The van der Waals surface area contributed by atoms with Gasteiger partial charge in [0.05, 0.1) is 38.6 Å². The SMILES string of the molecule is CC/C=C\C/C=C\C/C=C\C/C=C\C/C=C\C/C=C\CCCCCCCCCCCCCCCCCCCCC(=O)NC(COC1OC(CO)C(OC2OC(CO)C(OC3OC(CO)C(O)C(O)C3O)C(O)C2O)C(O)C1O)C(O)/C=C/CC/C=C/CCCCCCCCCCCCCCCCCCCCCCCC. The second-order valence-corrected chi connectivity index (χ2v) is 31.3. The molecule has 0 spiro atoms. The van der Waals surface area contributed by atoms with Crippen LogP contribution in [0.4, 0.5) is 0 Å². The fourth-order valence-corrected chi connectivity index (χ4v) is 14.6. The minimum absolute atomic E-state index is 0.234. The molecule has 3 aliphatic rings. The van der Waals surface area contributed by atoms with E-state index in [1.165, 1.54) is 231 Å². The van der Waals surface area contributed by atoms with Gasteiger partial charge in [-0.15, -0.1) is 0 Å². The predicted octanol–water partition coefficient (Wildman–Crippen LogP) is 16.7. The third kappa shape index (κ3) is 48.3. The van der Waals surface area contributed by atoms with Crippen molar-refractivity contribution in [3.63, 3.8) is 0 Å². The molecule has 3 saturated heterocycles. The standard InChI is InChI=1S/C91H161NO18/c1-3-5-7-9-11-13-15-17-19-21-23-25-27-29-31-33-34-35-36-37-38-39-40-41-43-45-47-49-51-53-55-57-59-61-63-65-67-69-79(97)92-74(75(96)68-66-64-62-60-58-56-54-52-50-48-46-44-42-32-30-28-26-24-22-20-18-16-14-12-10-8-6-4-2)73-105-89-85(103)82(100)87(77(71-94)107-89)110-91-86(104)83(101)88(78(72-95)108-91)109-90-84(102)81(99)80(98)76(70-93)106-90/h5,7,11,13,17,19,23,25,29,31,34-35,58,60,66,68,74-78,80-91,93-96,98-104H,3-4,6,8-10,12,14-16,18,20-22,24,26-28,30,32-33,36-57,59,61-65,67,69-73H2,1-2H3,(H,92,97)/b7-5-,13-11-,19-17-,25-23-,31-29-,35-34-,60-58+,68-66+. The van der Waals surface area contributed by atoms with Crippen molar-refractivity contribution in [2.75, 3.05) is 26.4 Å². The van der Waals surface area contributed by atoms with Crippen LogP contribution in [0.3, 0.4) is 0 Å². The number of unbranched alkanes of at least 4 members (excludes halogenated alkanes) is 41. The first-order chi connectivity index (χ1) is 53.8. The second kappa shape index (κ2) is 70.0. The molecule has 0 aromatic carbocycles. The van der Waals surface area contributed by atoms with Gasteiger partial charge in [-0.25, -0.2) is 0 Å². The van der Waals surface area contributed by atoms with E-state index >= 15 is 0 Å². The molecular weight excluding hydrogens is 1390 g/mol. The number of carbonyl (C=O) groups excluding carboxylic acids is 1. The smallest absolute Gasteiger partial charge is 0.220 e. The first-order valence-electron chi connectivity index (χ1n) is 44.5. The van der Waals surface area contributed by atoms with E-state index in [9.17, 15) is 61.0 Å². The first kappa shape index (κ1) is 101. The van der Waals surface area contributed by atoms with Gasteiger partial charge >= 0.3 is 0 Å². The summed E-state index contributed by atoms with van der Waals surface area (Å²) in [5.74, 6) is -0.283. The zero-order valence-corrected chi connectivity index (χ0v) is 68.7. The molecule has 0 aromatic rings. The molecule has 19 nitrogen and oxygen atoms in total. The van der Waals surface area contributed by atoms with Crippen LogP contribution < -0.4 is 5.32 Å². The number of allylic oxidation sites excluding steroid dienone is 15. The molecule has 12 N–H and O–H groups in total. The van der Waals surface area contributed by atoms with Gasteiger partial charge in [0.2, 0.25) is 5.91 Å². The number of hydrogen-bond acceptors (Lipinski definition) is 18. The molecule has 0 radical (unpaired) electrons. The van der Waals surface area contributed by atoms with Gasteiger partial charge in [0, 0.05) is 6.42 Å². The summed E-state index contributed by atoms with van der Waals surface area (Å²) >= 11 is 0. The Morgan fingerprint density at radius 1 is 0.336 bits per heavy atom. The van der Waals surface area contributed by atoms with E-state index in [1.807, 2.05) is 6.08 Å². The largest absolute Gasteiger partial charge is 0.394 e. The van der Waals surface area contributed by atoms with Crippen molar-refractivity contribution >= 4 is 5.91 Å². The predicted molar refractivity (Wildman–Crippen MR) is 443 cm³/mol. The molecule has 1 amide bonds. The monoisotopic (exact) mass is 1560 g/mol. The molecule has 17 unspecified atom stereocenters. The Morgan fingerprint density at radius 2 is 0.636 bits per heavy atom. The van der Waals surface area contributed by atoms with Crippen molar-refractivity contribution in [1.82, 2.24) is 5.32 Å². The van der Waals surface area contributed by atoms with E-state index in [4.69, 9.17) is 28.4 Å². The Kier molecular flexibility index (Phi) is 64.2. The van der Waals surface area contributed by atoms with Crippen molar-refractivity contribution in [1.29, 1.82) is 0 Å². The minimum atomic E-state index is -1.98. The lowest BCUT2D eigenvalue weighted by molar-refractivity contribution is -0.379. The fourth-order valence-electron chi connectivity index (χ4n) is 14.6. The van der Waals surface area contributed by atoms with Crippen LogP contribution in [-0.2, 0) is 33.2 Å². The number of carbonyl (C=O) groups is 1. The van der Waals surface area contributed by atoms with Gasteiger partial charge in [-0.3, -0.25) is 4.79 Å². The Balaban J connectivity index is 1.34. The third-order valence-corrected chi connectivity index (χ3v) is 21.6. The van der Waals surface area contributed by atoms with E-state index in [2.05, 4.69) is 104 Å². The number of nitrogens with one attached hydrogen (secondary N) is 1. The lowest BCUT2D eigenvalue weighted by Crippen LogP contribution is -2.66. The topological polar surface area (TPSA) is 307 Å². The maximum atomic E-state index is 13.5. The highest BCUT2D eigenvalue weighted by molar-refractivity contribution is 5.76. The number of aliphatic hydroxyl groups is 11. The molecule has 17 atom stereocenters. The maximum absolute atomic E-state index is 13.5. The normalized spacial score (nSPS) is 25.6. The van der Waals surface area contributed by atoms with Gasteiger partial charge in [0.15, 0.2) is 18.9 Å². The van der Waals surface area contributed by atoms with Crippen LogP contribution in [0.25, 0.3) is 0 Å². The number of hydrogen-bond donors (Lipinski definition) is 12. The zero-order valence-electron chi connectivity index (χ0n) is 68.7. The van der Waals surface area contributed by atoms with E-state index in [0.717, 1.165) is 77.0 Å². The molecule has 3 rings (SSSR count). The van der Waals surface area contributed by atoms with Crippen molar-refractivity contribution < 1.29 is 89.4 Å². The molecule has 3 aliphatic heterocycles. The third-order valence-electron chi connectivity index (χ3n) is 21.6. The van der Waals surface area contributed by atoms with Crippen LogP contribution in [-0.4, -0.2) is 193 Å². The molecule has 0 aromatic heterocycles. The summed E-state index contributed by atoms with van der Waals surface area (Å²) in [5, 5.41) is 121. The summed E-state index contributed by atoms with van der Waals surface area (Å²) in [6.45, 7) is 1.65. The summed E-state index contributed by atoms with van der Waals surface area (Å²) < 4.78 is 34.5. The van der Waals surface area contributed by atoms with Crippen LogP contribution in [0.2, 0.25) is 0 Å². The van der Waals surface area contributed by atoms with Gasteiger partial charge in [0.1, 0.15) is 73.2 Å². The first-order valence-corrected chi connectivity index (χ1v) is 44.5. The number of ether oxygens (including phenoxy) is 6. The van der Waals surface area contributed by atoms with E-state index in [0.29, 0.717) is 12.8 Å². The Bertz CT molecular complexity index is 2360. The molecular formula is C91H161NO18. The minimum Gasteiger partial charge on any atom is -0.394 e. The van der Waals surface area contributed by atoms with Crippen LogP contribution in [0.5, 0.6) is 0 Å². The molecule has 0 bridgehead atoms. The van der Waals surface area contributed by atoms with Crippen LogP contribution in [0.1, 0.15) is 341 Å². The highest BCUT2D eigenvalue weighted by atomic mass is 16.8. The number of rotatable bonds is 71. The highest BCUT2D eigenvalue weighted by Crippen LogP contribution is 2.33. The summed E-state index contributed by atoms with van der Waals surface area (Å²) in [5.41, 5.74) is 0. The van der Waals surface area contributed by atoms with Gasteiger partial charge in [-0.1, -0.05) is 349 Å². The van der Waals surface area contributed by atoms with Gasteiger partial charge < -0.3 is 89.9 Å². The summed E-state index contributed by atoms with van der Waals surface area (Å²) in [6, 6.07) is -0.996. The molecule has 0 saturated carbocycles. The maximum Gasteiger partial charge on any atom is 0.220 e. The fraction of sp³-hybridized carbons (Fsp3) is 0.813. The van der Waals surface area contributed by atoms with Gasteiger partial charge in [0.25, 0.3) is 0 Å². The highest BCUT2D eigenvalue weighted by Gasteiger charge is 2.54. The number of amides is 1. The average Bonchev–Trinajstić information content (AvgIpc) is 0.784. The van der Waals surface area contributed by atoms with Crippen molar-refractivity contribution in [3.05, 3.63) is 97.2 Å². The van der Waals surface area contributed by atoms with E-state index in [1.54, 1.807) is 6.08 Å². The van der Waals surface area contributed by atoms with Crippen LogP contribution in [0, 0.1) is 0 Å². The molecule has 3 heterocycles. The van der Waals surface area contributed by atoms with Crippen molar-refractivity contribution in [2.24, 2.45) is 0 Å². The molecule has 19 heteroatoms. The number of aliphatic hydroxyl groups excluding tert-OH is 11. The Labute approximate surface area is 666 Å². The van der Waals surface area contributed by atoms with Crippen molar-refractivity contribution in [2.45, 2.75) is 446 Å². The molecule has 0 aliphatic carbocycles. The second-order valence-electron chi connectivity index (χ2n) is 31.3. The summed E-state index contributed by atoms with van der Waals surface area (Å²) in [4.78, 5) is 13.5. The molecule has 638 valence electrons. The van der Waals surface area contributed by atoms with Crippen LogP contribution in [0.15, 0.2) is 97.2 Å². The van der Waals surface area contributed by atoms with Crippen molar-refractivity contribution in [3.8, 4) is 0 Å². The lowest BCUT2D eigenvalue weighted by Gasteiger charge is -2.48. The summed E-state index contributed by atoms with van der Waals surface area (Å²) in [6.07, 6.45) is 69.8. The van der Waals surface area contributed by atoms with Gasteiger partial charge in [-0.05, 0) is 83.5 Å². The van der Waals surface area contributed by atoms with Crippen LogP contribution >= 0.6 is 0 Å². The Hall–Kier alpha value is -3.29. The van der Waals surface area contributed by atoms with E-state index in [-0.39, 0.29) is 18.9 Å². The molecule has 110 heavy (non-hydrogen) atoms. The Morgan fingerprint density at radius 3 is 1.02 bits per heavy atom. The lowest BCUT2D eigenvalue weighted by atomic mass is 9.96. The zero-order chi connectivity index (χ0) is 79.5. The van der Waals surface area contributed by atoms with Gasteiger partial charge in [-0.2, -0.15) is 0 Å². The molecule has 3 fully saturated rings. The summed E-state index contributed by atoms with van der Waals surface area (Å²) in [7, 11) is 0. The van der Waals surface area contributed by atoms with E-state index < -0.39 is 124 Å².